The average molecular weight is 367 g/mol. The lowest BCUT2D eigenvalue weighted by atomic mass is 10.0. The molecule has 0 saturated heterocycles. The predicted molar refractivity (Wildman–Crippen MR) is 104 cm³/mol. The molecule has 0 bridgehead atoms. The summed E-state index contributed by atoms with van der Waals surface area (Å²) in [5.74, 6) is -1.03. The molecular weight excluding hydrogens is 328 g/mol. The predicted octanol–water partition coefficient (Wildman–Crippen LogP) is 5.65. The number of hydrogen-bond acceptors (Lipinski definition) is 4. The van der Waals surface area contributed by atoms with Gasteiger partial charge in [-0.1, -0.05) is 39.8 Å². The van der Waals surface area contributed by atoms with Gasteiger partial charge in [0.15, 0.2) is 0 Å². The number of carbonyl (C=O) groups is 2. The Labute approximate surface area is 163 Å². The van der Waals surface area contributed by atoms with Crippen LogP contribution < -0.4 is 0 Å². The summed E-state index contributed by atoms with van der Waals surface area (Å²) in [6.07, 6.45) is 1.99. The second-order valence-corrected chi connectivity index (χ2v) is 7.62. The van der Waals surface area contributed by atoms with Gasteiger partial charge < -0.3 is 9.47 Å². The van der Waals surface area contributed by atoms with Crippen molar-refractivity contribution >= 4 is 11.9 Å². The van der Waals surface area contributed by atoms with Crippen LogP contribution in [-0.4, -0.2) is 24.1 Å². The van der Waals surface area contributed by atoms with Crippen LogP contribution in [0, 0.1) is 11.8 Å². The minimum Gasteiger partial charge on any atom is -0.459 e. The zero-order valence-corrected chi connectivity index (χ0v) is 16.8. The van der Waals surface area contributed by atoms with Crippen LogP contribution in [0.2, 0.25) is 0 Å². The topological polar surface area (TPSA) is 52.6 Å². The molecule has 0 aliphatic heterocycles. The highest BCUT2D eigenvalue weighted by Crippen LogP contribution is 2.17. The summed E-state index contributed by atoms with van der Waals surface area (Å²) in [5, 5.41) is 0. The van der Waals surface area contributed by atoms with Crippen LogP contribution in [0.3, 0.4) is 0 Å². The summed E-state index contributed by atoms with van der Waals surface area (Å²) in [5.41, 5.74) is -0.947. The van der Waals surface area contributed by atoms with Gasteiger partial charge in [0.25, 0.3) is 0 Å². The fourth-order valence-corrected chi connectivity index (χ4v) is 2.36. The Balaban J connectivity index is 3.22. The maximum Gasteiger partial charge on any atom is 0.339 e. The van der Waals surface area contributed by atoms with E-state index in [0.29, 0.717) is 24.7 Å². The van der Waals surface area contributed by atoms with Crippen LogP contribution >= 0.6 is 0 Å². The minimum absolute atomic E-state index is 0.429. The Morgan fingerprint density at radius 1 is 0.769 bits per heavy atom. The molecule has 0 aromatic heterocycles. The molecule has 0 amide bonds. The van der Waals surface area contributed by atoms with Crippen LogP contribution in [0.4, 0.5) is 0 Å². The van der Waals surface area contributed by atoms with Gasteiger partial charge >= 0.3 is 11.9 Å². The fourth-order valence-electron chi connectivity index (χ4n) is 2.36. The standard InChI is InChI=1S/C22H34O4/c1-15(2)11-13-17(5)25-21(23)19-9-7-8-10-20(19)22(24)26-18(6)14-12-16(3)4/h7-10,15-18H,11-14H2,1-6H3/i7D,8D,9D,10D. The van der Waals surface area contributed by atoms with Crippen LogP contribution in [0.5, 0.6) is 0 Å². The van der Waals surface area contributed by atoms with Crippen molar-refractivity contribution in [3.8, 4) is 0 Å². The normalized spacial score (nSPS) is 15.7. The third-order valence-corrected chi connectivity index (χ3v) is 4.01. The van der Waals surface area contributed by atoms with E-state index < -0.39 is 59.4 Å². The third kappa shape index (κ3) is 8.03. The molecule has 1 aromatic rings. The first-order chi connectivity index (χ1) is 13.9. The highest BCUT2D eigenvalue weighted by Gasteiger charge is 2.22. The van der Waals surface area contributed by atoms with Crippen LogP contribution in [0.1, 0.15) is 93.4 Å². The van der Waals surface area contributed by atoms with Crippen LogP contribution in [0.25, 0.3) is 0 Å². The molecule has 146 valence electrons. The van der Waals surface area contributed by atoms with Crippen molar-refractivity contribution in [1.82, 2.24) is 0 Å². The molecule has 0 fully saturated rings. The largest absolute Gasteiger partial charge is 0.459 e. The molecule has 0 aliphatic carbocycles. The molecule has 2 atom stereocenters. The molecule has 2 unspecified atom stereocenters. The maximum absolute atomic E-state index is 12.8. The van der Waals surface area contributed by atoms with E-state index in [1.165, 1.54) is 0 Å². The molecule has 4 nitrogen and oxygen atoms in total. The Hall–Kier alpha value is -1.84. The van der Waals surface area contributed by atoms with Gasteiger partial charge in [-0.3, -0.25) is 0 Å². The van der Waals surface area contributed by atoms with Gasteiger partial charge in [0.05, 0.1) is 28.8 Å². The number of ether oxygens (including phenoxy) is 2. The van der Waals surface area contributed by atoms with E-state index in [1.54, 1.807) is 13.8 Å². The molecule has 0 N–H and O–H groups in total. The summed E-state index contributed by atoms with van der Waals surface area (Å²) in [4.78, 5) is 25.6. The Morgan fingerprint density at radius 2 is 1.12 bits per heavy atom. The third-order valence-electron chi connectivity index (χ3n) is 4.01. The second kappa shape index (κ2) is 11.0. The van der Waals surface area contributed by atoms with Crippen LogP contribution in [0.15, 0.2) is 24.2 Å². The smallest absolute Gasteiger partial charge is 0.339 e. The average Bonchev–Trinajstić information content (AvgIpc) is 2.65. The summed E-state index contributed by atoms with van der Waals surface area (Å²) >= 11 is 0. The first kappa shape index (κ1) is 16.3. The fraction of sp³-hybridized carbons (Fsp3) is 0.636. The summed E-state index contributed by atoms with van der Waals surface area (Å²) < 4.78 is 42.8. The van der Waals surface area contributed by atoms with E-state index in [9.17, 15) is 9.59 Å². The van der Waals surface area contributed by atoms with Crippen molar-refractivity contribution in [3.63, 3.8) is 0 Å². The van der Waals surface area contributed by atoms with Crippen molar-refractivity contribution in [2.24, 2.45) is 11.8 Å². The van der Waals surface area contributed by atoms with Crippen molar-refractivity contribution in [2.75, 3.05) is 0 Å². The highest BCUT2D eigenvalue weighted by molar-refractivity contribution is 6.03. The monoisotopic (exact) mass is 366 g/mol. The zero-order valence-electron chi connectivity index (χ0n) is 20.8. The first-order valence-corrected chi connectivity index (χ1v) is 9.38. The van der Waals surface area contributed by atoms with E-state index in [2.05, 4.69) is 27.7 Å². The van der Waals surface area contributed by atoms with Gasteiger partial charge in [0.2, 0.25) is 0 Å². The molecule has 0 aliphatic rings. The lowest BCUT2D eigenvalue weighted by Gasteiger charge is -2.17. The highest BCUT2D eigenvalue weighted by atomic mass is 16.5. The van der Waals surface area contributed by atoms with E-state index >= 15 is 0 Å². The van der Waals surface area contributed by atoms with Crippen molar-refractivity contribution < 1.29 is 24.5 Å². The van der Waals surface area contributed by atoms with Gasteiger partial charge in [0, 0.05) is 0 Å². The number of carbonyl (C=O) groups excluding carboxylic acids is 2. The molecule has 26 heavy (non-hydrogen) atoms. The van der Waals surface area contributed by atoms with Gasteiger partial charge in [-0.05, 0) is 63.5 Å². The molecule has 0 spiro atoms. The van der Waals surface area contributed by atoms with Crippen LogP contribution in [-0.2, 0) is 9.47 Å². The number of rotatable bonds is 10. The molecule has 0 heterocycles. The Bertz CT molecular complexity index is 699. The molecule has 0 radical (unpaired) electrons. The second-order valence-electron chi connectivity index (χ2n) is 7.62. The number of benzene rings is 1. The minimum atomic E-state index is -0.944. The number of hydrogen-bond donors (Lipinski definition) is 0. The number of esters is 2. The van der Waals surface area contributed by atoms with Gasteiger partial charge in [-0.25, -0.2) is 9.59 Å². The van der Waals surface area contributed by atoms with E-state index in [-0.39, 0.29) is 0 Å². The summed E-state index contributed by atoms with van der Waals surface area (Å²) in [7, 11) is 0. The first-order valence-electron chi connectivity index (χ1n) is 11.4. The van der Waals surface area contributed by atoms with Gasteiger partial charge in [-0.15, -0.1) is 0 Å². The molecule has 0 saturated carbocycles. The Kier molecular flexibility index (Phi) is 6.91. The lowest BCUT2D eigenvalue weighted by molar-refractivity contribution is 0.0265. The van der Waals surface area contributed by atoms with Gasteiger partial charge in [0.1, 0.15) is 0 Å². The molecule has 1 rings (SSSR count). The SMILES string of the molecule is [2H]c1c([2H])c([2H])c(C(=O)OC(C)CCC(C)C)c(C(=O)OC(C)CCC(C)C)c1[2H]. The van der Waals surface area contributed by atoms with Crippen molar-refractivity contribution in [3.05, 3.63) is 35.3 Å². The lowest BCUT2D eigenvalue weighted by Crippen LogP contribution is -2.21. The van der Waals surface area contributed by atoms with Gasteiger partial charge in [-0.2, -0.15) is 0 Å². The van der Waals surface area contributed by atoms with Crippen molar-refractivity contribution in [1.29, 1.82) is 0 Å². The molecule has 4 heteroatoms. The zero-order chi connectivity index (χ0) is 23.2. The maximum atomic E-state index is 12.8. The van der Waals surface area contributed by atoms with E-state index in [1.807, 2.05) is 0 Å². The molecular formula is C22H34O4. The molecule has 1 aromatic carbocycles. The quantitative estimate of drug-likeness (QED) is 0.502. The van der Waals surface area contributed by atoms with Crippen molar-refractivity contribution in [2.45, 2.75) is 79.4 Å². The summed E-state index contributed by atoms with van der Waals surface area (Å²) in [6, 6.07) is -2.38. The van der Waals surface area contributed by atoms with E-state index in [4.69, 9.17) is 15.0 Å². The van der Waals surface area contributed by atoms with E-state index in [0.717, 1.165) is 12.8 Å². The summed E-state index contributed by atoms with van der Waals surface area (Å²) in [6.45, 7) is 11.6. The Morgan fingerprint density at radius 3 is 1.42 bits per heavy atom.